The van der Waals surface area contributed by atoms with Crippen LogP contribution in [-0.4, -0.2) is 16.9 Å². The topological polar surface area (TPSA) is 53.1 Å². The lowest BCUT2D eigenvalue weighted by atomic mass is 9.96. The summed E-state index contributed by atoms with van der Waals surface area (Å²) in [6.45, 7) is 6.21. The van der Waals surface area contributed by atoms with E-state index in [0.717, 1.165) is 28.1 Å². The van der Waals surface area contributed by atoms with Crippen molar-refractivity contribution in [1.82, 2.24) is 9.78 Å². The molecule has 0 aliphatic heterocycles. The quantitative estimate of drug-likeness (QED) is 0.884. The van der Waals surface area contributed by atoms with Crippen LogP contribution in [0.3, 0.4) is 0 Å². The number of ether oxygens (including phenoxy) is 1. The molecule has 1 heterocycles. The molecule has 0 aliphatic carbocycles. The van der Waals surface area contributed by atoms with Gasteiger partial charge in [0.15, 0.2) is 0 Å². The molecule has 2 aromatic rings. The minimum atomic E-state index is 0.669. The highest BCUT2D eigenvalue weighted by Crippen LogP contribution is 2.39. The molecule has 0 unspecified atom stereocenters. The number of anilines is 1. The Balaban J connectivity index is 2.83. The second-order valence-corrected chi connectivity index (χ2v) is 4.62. The van der Waals surface area contributed by atoms with Crippen molar-refractivity contribution in [1.29, 1.82) is 0 Å². The average molecular weight is 245 g/mol. The smallest absolute Gasteiger partial charge is 0.131 e. The normalized spacial score (nSPS) is 10.7. The number of methoxy groups -OCH3 is 1. The Bertz CT molecular complexity index is 580. The highest BCUT2D eigenvalue weighted by atomic mass is 16.5. The third-order valence-corrected chi connectivity index (χ3v) is 3.39. The van der Waals surface area contributed by atoms with Gasteiger partial charge < -0.3 is 10.5 Å². The number of nitrogens with zero attached hydrogens (tertiary/aromatic N) is 2. The molecule has 0 saturated carbocycles. The Morgan fingerprint density at radius 2 is 1.89 bits per heavy atom. The number of rotatable bonds is 2. The molecule has 0 aliphatic rings. The lowest BCUT2D eigenvalue weighted by Crippen LogP contribution is -2.02. The van der Waals surface area contributed by atoms with E-state index in [1.807, 2.05) is 7.05 Å². The molecular weight excluding hydrogens is 226 g/mol. The molecule has 2 N–H and O–H groups in total. The van der Waals surface area contributed by atoms with Gasteiger partial charge in [0.2, 0.25) is 0 Å². The molecule has 1 aromatic carbocycles. The highest BCUT2D eigenvalue weighted by Gasteiger charge is 2.19. The van der Waals surface area contributed by atoms with Crippen molar-refractivity contribution < 1.29 is 4.74 Å². The summed E-state index contributed by atoms with van der Waals surface area (Å²) < 4.78 is 7.36. The average Bonchev–Trinajstić information content (AvgIpc) is 2.64. The Labute approximate surface area is 107 Å². The third kappa shape index (κ3) is 1.74. The zero-order valence-corrected chi connectivity index (χ0v) is 11.5. The first-order chi connectivity index (χ1) is 8.47. The van der Waals surface area contributed by atoms with E-state index in [1.54, 1.807) is 18.0 Å². The monoisotopic (exact) mass is 245 g/mol. The summed E-state index contributed by atoms with van der Waals surface area (Å²) in [5.74, 6) is 0.878. The number of nitrogen functional groups attached to an aromatic ring is 1. The minimum absolute atomic E-state index is 0.669. The number of hydrogen-bond acceptors (Lipinski definition) is 3. The summed E-state index contributed by atoms with van der Waals surface area (Å²) in [6, 6.07) is 2.15. The third-order valence-electron chi connectivity index (χ3n) is 3.39. The molecule has 0 spiro atoms. The van der Waals surface area contributed by atoms with Gasteiger partial charge in [0.05, 0.1) is 24.7 Å². The number of aryl methyl sites for hydroxylation is 3. The largest absolute Gasteiger partial charge is 0.496 e. The summed E-state index contributed by atoms with van der Waals surface area (Å²) >= 11 is 0. The van der Waals surface area contributed by atoms with Gasteiger partial charge in [-0.15, -0.1) is 0 Å². The molecular formula is C14H19N3O. The number of benzene rings is 1. The van der Waals surface area contributed by atoms with Crippen LogP contribution in [0.25, 0.3) is 11.3 Å². The van der Waals surface area contributed by atoms with Crippen LogP contribution in [0.15, 0.2) is 12.3 Å². The molecule has 1 aromatic heterocycles. The van der Waals surface area contributed by atoms with E-state index in [2.05, 4.69) is 31.9 Å². The van der Waals surface area contributed by atoms with E-state index in [-0.39, 0.29) is 0 Å². The summed E-state index contributed by atoms with van der Waals surface area (Å²) in [6.07, 6.45) is 1.67. The van der Waals surface area contributed by atoms with E-state index in [0.29, 0.717) is 5.69 Å². The second kappa shape index (κ2) is 4.37. The highest BCUT2D eigenvalue weighted by molar-refractivity contribution is 5.81. The van der Waals surface area contributed by atoms with E-state index < -0.39 is 0 Å². The SMILES string of the molecule is COc1c(C)c(C)cc(C)c1-c1c(N)cnn1C. The first-order valence-electron chi connectivity index (χ1n) is 5.90. The van der Waals surface area contributed by atoms with Crippen LogP contribution in [0.5, 0.6) is 5.75 Å². The van der Waals surface area contributed by atoms with Crippen molar-refractivity contribution >= 4 is 5.69 Å². The second-order valence-electron chi connectivity index (χ2n) is 4.62. The number of nitrogens with two attached hydrogens (primary N) is 1. The van der Waals surface area contributed by atoms with E-state index in [1.165, 1.54) is 5.56 Å². The van der Waals surface area contributed by atoms with Gasteiger partial charge in [-0.1, -0.05) is 6.07 Å². The van der Waals surface area contributed by atoms with Gasteiger partial charge in [-0.3, -0.25) is 4.68 Å². The summed E-state index contributed by atoms with van der Waals surface area (Å²) in [5.41, 5.74) is 12.1. The zero-order valence-electron chi connectivity index (χ0n) is 11.5. The summed E-state index contributed by atoms with van der Waals surface area (Å²) in [7, 11) is 3.58. The fourth-order valence-electron chi connectivity index (χ4n) is 2.36. The van der Waals surface area contributed by atoms with Crippen molar-refractivity contribution in [3.63, 3.8) is 0 Å². The molecule has 0 bridgehead atoms. The Kier molecular flexibility index (Phi) is 3.03. The Morgan fingerprint density at radius 3 is 2.39 bits per heavy atom. The molecule has 4 heteroatoms. The molecule has 0 radical (unpaired) electrons. The molecule has 0 amide bonds. The van der Waals surface area contributed by atoms with E-state index >= 15 is 0 Å². The molecule has 0 saturated heterocycles. The van der Waals surface area contributed by atoms with Crippen LogP contribution in [-0.2, 0) is 7.05 Å². The van der Waals surface area contributed by atoms with Crippen LogP contribution < -0.4 is 10.5 Å². The van der Waals surface area contributed by atoms with Crippen LogP contribution in [0.4, 0.5) is 5.69 Å². The van der Waals surface area contributed by atoms with Crippen molar-refractivity contribution in [3.8, 4) is 17.0 Å². The van der Waals surface area contributed by atoms with Crippen molar-refractivity contribution in [3.05, 3.63) is 29.0 Å². The van der Waals surface area contributed by atoms with Crippen LogP contribution in [0.1, 0.15) is 16.7 Å². The molecule has 0 atom stereocenters. The lowest BCUT2D eigenvalue weighted by molar-refractivity contribution is 0.412. The van der Waals surface area contributed by atoms with Crippen LogP contribution >= 0.6 is 0 Å². The maximum absolute atomic E-state index is 6.02. The number of aromatic nitrogens is 2. The fraction of sp³-hybridized carbons (Fsp3) is 0.357. The number of hydrogen-bond donors (Lipinski definition) is 1. The van der Waals surface area contributed by atoms with Gasteiger partial charge in [0, 0.05) is 12.6 Å². The maximum Gasteiger partial charge on any atom is 0.131 e. The van der Waals surface area contributed by atoms with E-state index in [9.17, 15) is 0 Å². The molecule has 18 heavy (non-hydrogen) atoms. The van der Waals surface area contributed by atoms with Crippen LogP contribution in [0, 0.1) is 20.8 Å². The minimum Gasteiger partial charge on any atom is -0.496 e. The van der Waals surface area contributed by atoms with Crippen molar-refractivity contribution in [2.24, 2.45) is 7.05 Å². The van der Waals surface area contributed by atoms with Gasteiger partial charge in [-0.05, 0) is 37.5 Å². The summed E-state index contributed by atoms with van der Waals surface area (Å²) in [5, 5.41) is 4.20. The predicted octanol–water partition coefficient (Wildman–Crippen LogP) is 2.60. The van der Waals surface area contributed by atoms with E-state index in [4.69, 9.17) is 10.5 Å². The molecule has 0 fully saturated rings. The van der Waals surface area contributed by atoms with Crippen molar-refractivity contribution in [2.45, 2.75) is 20.8 Å². The maximum atomic E-state index is 6.02. The van der Waals surface area contributed by atoms with Gasteiger partial charge in [-0.25, -0.2) is 0 Å². The van der Waals surface area contributed by atoms with Gasteiger partial charge >= 0.3 is 0 Å². The lowest BCUT2D eigenvalue weighted by Gasteiger charge is -2.17. The fourth-order valence-corrected chi connectivity index (χ4v) is 2.36. The van der Waals surface area contributed by atoms with Crippen LogP contribution in [0.2, 0.25) is 0 Å². The first kappa shape index (κ1) is 12.5. The van der Waals surface area contributed by atoms with Crippen molar-refractivity contribution in [2.75, 3.05) is 12.8 Å². The Morgan fingerprint density at radius 1 is 1.22 bits per heavy atom. The van der Waals surface area contributed by atoms with Gasteiger partial charge in [-0.2, -0.15) is 5.10 Å². The Hall–Kier alpha value is -1.97. The predicted molar refractivity (Wildman–Crippen MR) is 73.8 cm³/mol. The van der Waals surface area contributed by atoms with Gasteiger partial charge in [0.1, 0.15) is 5.75 Å². The molecule has 2 rings (SSSR count). The van der Waals surface area contributed by atoms with Gasteiger partial charge in [0.25, 0.3) is 0 Å². The first-order valence-corrected chi connectivity index (χ1v) is 5.90. The zero-order chi connectivity index (χ0) is 13.4. The standard InChI is InChI=1S/C14H19N3O/c1-8-6-9(2)12(14(18-5)10(8)3)13-11(15)7-16-17(13)4/h6-7H,15H2,1-5H3. The molecule has 4 nitrogen and oxygen atoms in total. The molecule has 96 valence electrons. The summed E-state index contributed by atoms with van der Waals surface area (Å²) in [4.78, 5) is 0.